The molecule has 0 aliphatic rings. The Morgan fingerprint density at radius 2 is 2.32 bits per heavy atom. The number of halogens is 1. The third-order valence-electron chi connectivity index (χ3n) is 2.67. The fourth-order valence-corrected chi connectivity index (χ4v) is 2.89. The molecule has 2 aromatic rings. The van der Waals surface area contributed by atoms with Gasteiger partial charge in [0.15, 0.2) is 0 Å². The van der Waals surface area contributed by atoms with Crippen molar-refractivity contribution in [2.45, 2.75) is 26.0 Å². The molecule has 102 valence electrons. The Labute approximate surface area is 125 Å². The van der Waals surface area contributed by atoms with Crippen molar-refractivity contribution >= 4 is 27.3 Å². The van der Waals surface area contributed by atoms with Crippen LogP contribution in [0.15, 0.2) is 34.1 Å². The molecule has 19 heavy (non-hydrogen) atoms. The van der Waals surface area contributed by atoms with Crippen LogP contribution in [-0.4, -0.2) is 22.7 Å². The van der Waals surface area contributed by atoms with E-state index in [2.05, 4.69) is 43.7 Å². The van der Waals surface area contributed by atoms with E-state index in [1.807, 2.05) is 12.1 Å². The number of nitrogens with zero attached hydrogens (tertiary/aromatic N) is 1. The van der Waals surface area contributed by atoms with Crippen LogP contribution in [0.2, 0.25) is 0 Å². The number of thiazole rings is 1. The maximum absolute atomic E-state index is 9.17. The number of hydrogen-bond donors (Lipinski definition) is 2. The summed E-state index contributed by atoms with van der Waals surface area (Å²) < 4.78 is 1.07. The van der Waals surface area contributed by atoms with Gasteiger partial charge in [0.25, 0.3) is 0 Å². The number of aliphatic hydroxyl groups excluding tert-OH is 1. The minimum atomic E-state index is -0.250. The SMILES string of the molecule is CC(O)CCNCc1csc(-c2cccc(Br)c2)n1. The van der Waals surface area contributed by atoms with Crippen LogP contribution in [0.5, 0.6) is 0 Å². The summed E-state index contributed by atoms with van der Waals surface area (Å²) in [6.45, 7) is 3.36. The molecule has 5 heteroatoms. The van der Waals surface area contributed by atoms with Crippen molar-refractivity contribution < 1.29 is 5.11 Å². The zero-order valence-corrected chi connectivity index (χ0v) is 13.2. The summed E-state index contributed by atoms with van der Waals surface area (Å²) >= 11 is 5.13. The van der Waals surface area contributed by atoms with Gasteiger partial charge < -0.3 is 10.4 Å². The van der Waals surface area contributed by atoms with Gasteiger partial charge in [-0.05, 0) is 32.0 Å². The minimum absolute atomic E-state index is 0.250. The Hall–Kier alpha value is -0.750. The van der Waals surface area contributed by atoms with Crippen molar-refractivity contribution in [1.82, 2.24) is 10.3 Å². The molecule has 0 spiro atoms. The van der Waals surface area contributed by atoms with Gasteiger partial charge >= 0.3 is 0 Å². The van der Waals surface area contributed by atoms with Crippen molar-refractivity contribution in [1.29, 1.82) is 0 Å². The molecular weight excluding hydrogens is 324 g/mol. The number of nitrogens with one attached hydrogen (secondary N) is 1. The van der Waals surface area contributed by atoms with Crippen LogP contribution in [0.1, 0.15) is 19.0 Å². The van der Waals surface area contributed by atoms with E-state index >= 15 is 0 Å². The molecule has 0 bridgehead atoms. The lowest BCUT2D eigenvalue weighted by Gasteiger charge is -2.04. The van der Waals surface area contributed by atoms with Crippen molar-refractivity contribution in [3.05, 3.63) is 39.8 Å². The van der Waals surface area contributed by atoms with Gasteiger partial charge in [0.05, 0.1) is 11.8 Å². The van der Waals surface area contributed by atoms with Gasteiger partial charge in [0.1, 0.15) is 5.01 Å². The first kappa shape index (κ1) is 14.7. The average Bonchev–Trinajstić information content (AvgIpc) is 2.83. The van der Waals surface area contributed by atoms with Crippen LogP contribution in [0.3, 0.4) is 0 Å². The molecule has 0 saturated carbocycles. The van der Waals surface area contributed by atoms with Crippen LogP contribution in [0, 0.1) is 0 Å². The Morgan fingerprint density at radius 3 is 3.05 bits per heavy atom. The summed E-state index contributed by atoms with van der Waals surface area (Å²) in [5.74, 6) is 0. The highest BCUT2D eigenvalue weighted by Gasteiger charge is 2.05. The zero-order chi connectivity index (χ0) is 13.7. The highest BCUT2D eigenvalue weighted by Crippen LogP contribution is 2.26. The molecule has 2 rings (SSSR count). The topological polar surface area (TPSA) is 45.1 Å². The Morgan fingerprint density at radius 1 is 1.47 bits per heavy atom. The van der Waals surface area contributed by atoms with Gasteiger partial charge in [-0.3, -0.25) is 0 Å². The smallest absolute Gasteiger partial charge is 0.123 e. The third-order valence-corrected chi connectivity index (χ3v) is 4.10. The first-order valence-electron chi connectivity index (χ1n) is 6.24. The van der Waals surface area contributed by atoms with Crippen molar-refractivity contribution in [3.8, 4) is 10.6 Å². The lowest BCUT2D eigenvalue weighted by atomic mass is 10.2. The molecule has 3 nitrogen and oxygen atoms in total. The molecule has 1 unspecified atom stereocenters. The highest BCUT2D eigenvalue weighted by molar-refractivity contribution is 9.10. The first-order chi connectivity index (χ1) is 9.15. The second-order valence-corrected chi connectivity index (χ2v) is 6.24. The predicted molar refractivity (Wildman–Crippen MR) is 83.3 cm³/mol. The Bertz CT molecular complexity index is 528. The van der Waals surface area contributed by atoms with Gasteiger partial charge in [-0.25, -0.2) is 4.98 Å². The van der Waals surface area contributed by atoms with E-state index in [1.165, 1.54) is 0 Å². The lowest BCUT2D eigenvalue weighted by molar-refractivity contribution is 0.183. The van der Waals surface area contributed by atoms with E-state index in [0.717, 1.165) is 40.2 Å². The number of hydrogen-bond acceptors (Lipinski definition) is 4. The van der Waals surface area contributed by atoms with Crippen LogP contribution in [0.4, 0.5) is 0 Å². The largest absolute Gasteiger partial charge is 0.393 e. The standard InChI is InChI=1S/C14H17BrN2OS/c1-10(18)5-6-16-8-13-9-19-14(17-13)11-3-2-4-12(15)7-11/h2-4,7,9-10,16,18H,5-6,8H2,1H3. The summed E-state index contributed by atoms with van der Waals surface area (Å²) in [7, 11) is 0. The monoisotopic (exact) mass is 340 g/mol. The summed E-state index contributed by atoms with van der Waals surface area (Å²) in [5, 5.41) is 15.6. The zero-order valence-electron chi connectivity index (χ0n) is 10.8. The molecule has 0 aliphatic carbocycles. The maximum atomic E-state index is 9.17. The number of benzene rings is 1. The first-order valence-corrected chi connectivity index (χ1v) is 7.91. The summed E-state index contributed by atoms with van der Waals surface area (Å²) in [4.78, 5) is 4.61. The van der Waals surface area contributed by atoms with Crippen LogP contribution in [0.25, 0.3) is 10.6 Å². The summed E-state index contributed by atoms with van der Waals surface area (Å²) in [6.07, 6.45) is 0.517. The number of rotatable bonds is 6. The predicted octanol–water partition coefficient (Wildman–Crippen LogP) is 3.43. The normalized spacial score (nSPS) is 12.6. The van der Waals surface area contributed by atoms with Crippen molar-refractivity contribution in [2.75, 3.05) is 6.54 Å². The van der Waals surface area contributed by atoms with Crippen molar-refractivity contribution in [2.24, 2.45) is 0 Å². The molecule has 2 N–H and O–H groups in total. The minimum Gasteiger partial charge on any atom is -0.393 e. The molecule has 1 atom stereocenters. The van der Waals surface area contributed by atoms with E-state index in [-0.39, 0.29) is 6.10 Å². The van der Waals surface area contributed by atoms with E-state index in [9.17, 15) is 5.11 Å². The second-order valence-electron chi connectivity index (χ2n) is 4.47. The lowest BCUT2D eigenvalue weighted by Crippen LogP contribution is -2.18. The van der Waals surface area contributed by atoms with Crippen LogP contribution in [-0.2, 0) is 6.54 Å². The van der Waals surface area contributed by atoms with Crippen molar-refractivity contribution in [3.63, 3.8) is 0 Å². The van der Waals surface area contributed by atoms with Gasteiger partial charge in [-0.2, -0.15) is 0 Å². The highest BCUT2D eigenvalue weighted by atomic mass is 79.9. The van der Waals surface area contributed by atoms with Gasteiger partial charge in [-0.15, -0.1) is 11.3 Å². The molecule has 1 aromatic carbocycles. The van der Waals surface area contributed by atoms with Gasteiger partial charge in [0.2, 0.25) is 0 Å². The molecule has 0 aliphatic heterocycles. The fraction of sp³-hybridized carbons (Fsp3) is 0.357. The third kappa shape index (κ3) is 4.69. The molecular formula is C14H17BrN2OS. The van der Waals surface area contributed by atoms with Crippen LogP contribution < -0.4 is 5.32 Å². The van der Waals surface area contributed by atoms with Gasteiger partial charge in [-0.1, -0.05) is 28.1 Å². The molecule has 0 fully saturated rings. The second kappa shape index (κ2) is 7.14. The average molecular weight is 341 g/mol. The molecule has 0 radical (unpaired) electrons. The van der Waals surface area contributed by atoms with Gasteiger partial charge in [0, 0.05) is 22.0 Å². The Balaban J connectivity index is 1.92. The number of aliphatic hydroxyl groups is 1. The quantitative estimate of drug-likeness (QED) is 0.792. The van der Waals surface area contributed by atoms with E-state index in [4.69, 9.17) is 0 Å². The van der Waals surface area contributed by atoms with E-state index in [0.29, 0.717) is 0 Å². The molecule has 1 aromatic heterocycles. The maximum Gasteiger partial charge on any atom is 0.123 e. The van der Waals surface area contributed by atoms with E-state index in [1.54, 1.807) is 18.3 Å². The molecule has 0 amide bonds. The fourth-order valence-electron chi connectivity index (χ4n) is 1.67. The summed E-state index contributed by atoms with van der Waals surface area (Å²) in [6, 6.07) is 8.16. The Kier molecular flexibility index (Phi) is 5.51. The van der Waals surface area contributed by atoms with Crippen LogP contribution >= 0.6 is 27.3 Å². The van der Waals surface area contributed by atoms with E-state index < -0.39 is 0 Å². The number of aromatic nitrogens is 1. The molecule has 1 heterocycles. The molecule has 0 saturated heterocycles. The summed E-state index contributed by atoms with van der Waals surface area (Å²) in [5.41, 5.74) is 2.18.